The predicted octanol–water partition coefficient (Wildman–Crippen LogP) is 3.84. The van der Waals surface area contributed by atoms with Crippen LogP contribution in [0.5, 0.6) is 0 Å². The molecule has 0 amide bonds. The Kier molecular flexibility index (Phi) is 6.74. The van der Waals surface area contributed by atoms with E-state index in [0.29, 0.717) is 27.8 Å². The number of thioether (sulfide) groups is 1. The zero-order valence-corrected chi connectivity index (χ0v) is 17.9. The number of carbonyl (C=O) groups is 1. The molecule has 8 heteroatoms. The SMILES string of the molecule is CCCCSc1nc2c(c(=O)[nH]1)C(c1cccnc1)C(C(=O)OC(C)C)=C(C)N2. The molecule has 2 aromatic rings. The van der Waals surface area contributed by atoms with Crippen molar-refractivity contribution in [2.45, 2.75) is 57.7 Å². The number of nitrogens with one attached hydrogen (secondary N) is 2. The largest absolute Gasteiger partial charge is 0.460 e. The van der Waals surface area contributed by atoms with Gasteiger partial charge in [-0.1, -0.05) is 31.2 Å². The first kappa shape index (κ1) is 21.1. The highest BCUT2D eigenvalue weighted by atomic mass is 32.2. The number of aromatic amines is 1. The molecular formula is C21H26N4O3S. The van der Waals surface area contributed by atoms with Gasteiger partial charge in [0.2, 0.25) is 0 Å². The lowest BCUT2D eigenvalue weighted by Crippen LogP contribution is -2.31. The molecule has 1 aliphatic heterocycles. The fourth-order valence-electron chi connectivity index (χ4n) is 3.24. The number of anilines is 1. The number of esters is 1. The number of fused-ring (bicyclic) bond motifs is 1. The summed E-state index contributed by atoms with van der Waals surface area (Å²) < 4.78 is 5.46. The summed E-state index contributed by atoms with van der Waals surface area (Å²) in [5.74, 6) is 0.299. The highest BCUT2D eigenvalue weighted by Gasteiger charge is 2.36. The monoisotopic (exact) mass is 414 g/mol. The minimum atomic E-state index is -0.600. The van der Waals surface area contributed by atoms with Crippen molar-refractivity contribution in [3.05, 3.63) is 57.3 Å². The van der Waals surface area contributed by atoms with Crippen LogP contribution in [0.1, 0.15) is 57.6 Å². The summed E-state index contributed by atoms with van der Waals surface area (Å²) >= 11 is 1.52. The van der Waals surface area contributed by atoms with E-state index in [4.69, 9.17) is 4.74 Å². The Bertz CT molecular complexity index is 970. The molecule has 0 radical (unpaired) electrons. The zero-order chi connectivity index (χ0) is 21.0. The quantitative estimate of drug-likeness (QED) is 0.307. The van der Waals surface area contributed by atoms with Crippen molar-refractivity contribution in [1.82, 2.24) is 15.0 Å². The third-order valence-electron chi connectivity index (χ3n) is 4.54. The summed E-state index contributed by atoms with van der Waals surface area (Å²) in [5.41, 5.74) is 1.90. The van der Waals surface area contributed by atoms with E-state index in [-0.39, 0.29) is 11.7 Å². The number of hydrogen-bond acceptors (Lipinski definition) is 7. The molecule has 0 aromatic carbocycles. The summed E-state index contributed by atoms with van der Waals surface area (Å²) in [4.78, 5) is 37.6. The van der Waals surface area contributed by atoms with Gasteiger partial charge in [-0.15, -0.1) is 0 Å². The van der Waals surface area contributed by atoms with Crippen LogP contribution >= 0.6 is 11.8 Å². The van der Waals surface area contributed by atoms with Gasteiger partial charge < -0.3 is 15.0 Å². The van der Waals surface area contributed by atoms with Crippen LogP contribution in [-0.2, 0) is 9.53 Å². The number of unbranched alkanes of at least 4 members (excludes halogenated alkanes) is 1. The topological polar surface area (TPSA) is 97.0 Å². The summed E-state index contributed by atoms with van der Waals surface area (Å²) in [6.07, 6.45) is 5.17. The molecule has 0 saturated heterocycles. The molecule has 154 valence electrons. The van der Waals surface area contributed by atoms with Crippen LogP contribution in [-0.4, -0.2) is 32.8 Å². The lowest BCUT2D eigenvalue weighted by atomic mass is 9.83. The number of hydrogen-bond donors (Lipinski definition) is 2. The van der Waals surface area contributed by atoms with Crippen LogP contribution in [0.15, 0.2) is 45.7 Å². The number of carbonyl (C=O) groups excluding carboxylic acids is 1. The molecule has 0 saturated carbocycles. The Hall–Kier alpha value is -2.61. The van der Waals surface area contributed by atoms with Crippen molar-refractivity contribution in [1.29, 1.82) is 0 Å². The highest BCUT2D eigenvalue weighted by Crippen LogP contribution is 2.39. The van der Waals surface area contributed by atoms with Crippen LogP contribution in [0, 0.1) is 0 Å². The smallest absolute Gasteiger partial charge is 0.337 e. The van der Waals surface area contributed by atoms with Gasteiger partial charge in [0.05, 0.1) is 23.2 Å². The van der Waals surface area contributed by atoms with Crippen molar-refractivity contribution < 1.29 is 9.53 Å². The summed E-state index contributed by atoms with van der Waals surface area (Å²) in [7, 11) is 0. The Labute approximate surface area is 174 Å². The third kappa shape index (κ3) is 4.70. The molecule has 2 N–H and O–H groups in total. The number of allylic oxidation sites excluding steroid dienone is 1. The van der Waals surface area contributed by atoms with E-state index in [1.807, 2.05) is 6.07 Å². The molecule has 29 heavy (non-hydrogen) atoms. The van der Waals surface area contributed by atoms with Crippen molar-refractivity contribution in [3.63, 3.8) is 0 Å². The molecule has 1 aliphatic rings. The maximum Gasteiger partial charge on any atom is 0.337 e. The number of aromatic nitrogens is 3. The molecule has 3 heterocycles. The van der Waals surface area contributed by atoms with Gasteiger partial charge in [0.25, 0.3) is 5.56 Å². The molecule has 7 nitrogen and oxygen atoms in total. The number of rotatable bonds is 7. The minimum Gasteiger partial charge on any atom is -0.460 e. The van der Waals surface area contributed by atoms with Crippen molar-refractivity contribution >= 4 is 23.5 Å². The highest BCUT2D eigenvalue weighted by molar-refractivity contribution is 7.99. The normalized spacial score (nSPS) is 15.8. The van der Waals surface area contributed by atoms with Gasteiger partial charge >= 0.3 is 5.97 Å². The molecular weight excluding hydrogens is 388 g/mol. The molecule has 1 unspecified atom stereocenters. The van der Waals surface area contributed by atoms with Crippen LogP contribution in [0.2, 0.25) is 0 Å². The van der Waals surface area contributed by atoms with Crippen LogP contribution in [0.25, 0.3) is 0 Å². The van der Waals surface area contributed by atoms with Crippen LogP contribution < -0.4 is 10.9 Å². The lowest BCUT2D eigenvalue weighted by Gasteiger charge is -2.29. The molecule has 0 aliphatic carbocycles. The second-order valence-corrected chi connectivity index (χ2v) is 8.26. The third-order valence-corrected chi connectivity index (χ3v) is 5.50. The first-order chi connectivity index (χ1) is 13.9. The van der Waals surface area contributed by atoms with E-state index in [2.05, 4.69) is 27.2 Å². The minimum absolute atomic E-state index is 0.266. The number of H-pyrrole nitrogens is 1. The van der Waals surface area contributed by atoms with Crippen molar-refractivity contribution in [3.8, 4) is 0 Å². The maximum absolute atomic E-state index is 13.1. The van der Waals surface area contributed by atoms with E-state index in [1.165, 1.54) is 11.8 Å². The van der Waals surface area contributed by atoms with Crippen LogP contribution in [0.4, 0.5) is 5.82 Å². The second kappa shape index (κ2) is 9.26. The van der Waals surface area contributed by atoms with Gasteiger partial charge in [-0.3, -0.25) is 9.78 Å². The van der Waals surface area contributed by atoms with Crippen molar-refractivity contribution in [2.24, 2.45) is 0 Å². The van der Waals surface area contributed by atoms with Crippen LogP contribution in [0.3, 0.4) is 0 Å². The summed E-state index contributed by atoms with van der Waals surface area (Å²) in [6.45, 7) is 7.52. The fraction of sp³-hybridized carbons (Fsp3) is 0.429. The zero-order valence-electron chi connectivity index (χ0n) is 17.1. The molecule has 2 aromatic heterocycles. The van der Waals surface area contributed by atoms with E-state index in [1.54, 1.807) is 39.2 Å². The van der Waals surface area contributed by atoms with Gasteiger partial charge in [-0.05, 0) is 38.8 Å². The Morgan fingerprint density at radius 2 is 2.17 bits per heavy atom. The Morgan fingerprint density at radius 1 is 1.38 bits per heavy atom. The number of pyridine rings is 1. The van der Waals surface area contributed by atoms with E-state index in [0.717, 1.165) is 24.2 Å². The van der Waals surface area contributed by atoms with Gasteiger partial charge in [0.15, 0.2) is 5.16 Å². The van der Waals surface area contributed by atoms with E-state index < -0.39 is 11.9 Å². The molecule has 3 rings (SSSR count). The molecule has 0 spiro atoms. The van der Waals surface area contributed by atoms with Gasteiger partial charge in [-0.25, -0.2) is 9.78 Å². The molecule has 1 atom stereocenters. The maximum atomic E-state index is 13.1. The van der Waals surface area contributed by atoms with Gasteiger partial charge in [0.1, 0.15) is 5.82 Å². The summed E-state index contributed by atoms with van der Waals surface area (Å²) in [5, 5.41) is 3.72. The fourth-order valence-corrected chi connectivity index (χ4v) is 4.19. The average Bonchev–Trinajstić information content (AvgIpc) is 2.67. The first-order valence-corrected chi connectivity index (χ1v) is 10.8. The lowest BCUT2D eigenvalue weighted by molar-refractivity contribution is -0.143. The Balaban J connectivity index is 2.11. The second-order valence-electron chi connectivity index (χ2n) is 7.17. The summed E-state index contributed by atoms with van der Waals surface area (Å²) in [6, 6.07) is 3.64. The molecule has 0 bridgehead atoms. The standard InChI is InChI=1S/C21H26N4O3S/c1-5-6-10-29-21-24-18-17(19(26)25-21)16(14-8-7-9-22-11-14)15(13(4)23-18)20(27)28-12(2)3/h7-9,11-12,16H,5-6,10H2,1-4H3,(H2,23,24,25,26). The Morgan fingerprint density at radius 3 is 2.83 bits per heavy atom. The van der Waals surface area contributed by atoms with Crippen molar-refractivity contribution in [2.75, 3.05) is 11.1 Å². The van der Waals surface area contributed by atoms with E-state index >= 15 is 0 Å². The number of nitrogens with zero attached hydrogens (tertiary/aromatic N) is 2. The molecule has 0 fully saturated rings. The van der Waals surface area contributed by atoms with Gasteiger partial charge in [-0.2, -0.15) is 0 Å². The predicted molar refractivity (Wildman–Crippen MR) is 114 cm³/mol. The first-order valence-electron chi connectivity index (χ1n) is 9.78. The van der Waals surface area contributed by atoms with E-state index in [9.17, 15) is 9.59 Å². The average molecular weight is 415 g/mol. The van der Waals surface area contributed by atoms with Gasteiger partial charge in [0, 0.05) is 23.8 Å². The number of ether oxygens (including phenoxy) is 1.